The Kier molecular flexibility index (Phi) is 7.29. The van der Waals surface area contributed by atoms with Crippen LogP contribution in [-0.4, -0.2) is 85.7 Å². The molecule has 4 heterocycles. The van der Waals surface area contributed by atoms with Crippen LogP contribution in [0.4, 0.5) is 0 Å². The van der Waals surface area contributed by atoms with Gasteiger partial charge in [0, 0.05) is 43.3 Å². The molecule has 1 saturated carbocycles. The number of fused-ring (bicyclic) bond motifs is 1. The third kappa shape index (κ3) is 5.04. The summed E-state index contributed by atoms with van der Waals surface area (Å²) in [5.74, 6) is 1.45. The number of likely N-dealkylation sites (tertiary alicyclic amines) is 2. The zero-order valence-electron chi connectivity index (χ0n) is 18.9. The Morgan fingerprint density at radius 1 is 1.15 bits per heavy atom. The quantitative estimate of drug-likeness (QED) is 0.676. The molecule has 1 amide bonds. The average molecular weight is 454 g/mol. The van der Waals surface area contributed by atoms with Crippen LogP contribution in [0.25, 0.3) is 11.4 Å². The van der Waals surface area contributed by atoms with Crippen molar-refractivity contribution >= 4 is 12.4 Å². The zero-order valence-corrected chi connectivity index (χ0v) is 18.9. The molecule has 2 aromatic rings. The third-order valence-corrected chi connectivity index (χ3v) is 7.14. The molecule has 33 heavy (non-hydrogen) atoms. The van der Waals surface area contributed by atoms with Gasteiger partial charge < -0.3 is 15.1 Å². The van der Waals surface area contributed by atoms with E-state index < -0.39 is 0 Å². The number of hydrogen-bond donors (Lipinski definition) is 2. The number of amides is 1. The van der Waals surface area contributed by atoms with Crippen LogP contribution in [0, 0.1) is 18.8 Å². The van der Waals surface area contributed by atoms with Crippen LogP contribution < -0.4 is 0 Å². The van der Waals surface area contributed by atoms with Gasteiger partial charge in [-0.3, -0.25) is 19.5 Å². The molecule has 3 fully saturated rings. The van der Waals surface area contributed by atoms with E-state index >= 15 is 0 Å². The van der Waals surface area contributed by atoms with Crippen LogP contribution in [0.15, 0.2) is 30.7 Å². The molecule has 3 aliphatic rings. The first-order chi connectivity index (χ1) is 16.0. The summed E-state index contributed by atoms with van der Waals surface area (Å²) in [7, 11) is 0. The molecule has 0 bridgehead atoms. The molecule has 0 unspecified atom stereocenters. The van der Waals surface area contributed by atoms with Crippen LogP contribution in [0.1, 0.15) is 41.7 Å². The van der Waals surface area contributed by atoms with E-state index in [-0.39, 0.29) is 24.5 Å². The van der Waals surface area contributed by atoms with Crippen molar-refractivity contribution in [1.82, 2.24) is 24.8 Å². The highest BCUT2D eigenvalue weighted by Crippen LogP contribution is 2.39. The minimum absolute atomic E-state index is 0.00634. The molecule has 2 N–H and O–H groups in total. The molecule has 176 valence electrons. The minimum atomic E-state index is -0.275. The second-order valence-corrected chi connectivity index (χ2v) is 9.12. The van der Waals surface area contributed by atoms with Gasteiger partial charge in [0.15, 0.2) is 5.82 Å². The SMILES string of the molecule is Cc1nc(-c2cccnc2)ncc1C(=O)N1C[C@H]2C[C@@H](N3CCCC3)[C@H](O)C[C@H]2C1.O=CO. The summed E-state index contributed by atoms with van der Waals surface area (Å²) in [6.45, 7) is 5.30. The Morgan fingerprint density at radius 3 is 2.48 bits per heavy atom. The number of carbonyl (C=O) groups is 2. The lowest BCUT2D eigenvalue weighted by molar-refractivity contribution is -0.122. The highest BCUT2D eigenvalue weighted by molar-refractivity contribution is 5.95. The molecule has 4 atom stereocenters. The highest BCUT2D eigenvalue weighted by Gasteiger charge is 2.45. The van der Waals surface area contributed by atoms with Gasteiger partial charge in [-0.05, 0) is 69.7 Å². The van der Waals surface area contributed by atoms with Crippen molar-refractivity contribution in [2.75, 3.05) is 26.2 Å². The number of hydrogen-bond acceptors (Lipinski definition) is 7. The lowest BCUT2D eigenvalue weighted by Crippen LogP contribution is -2.48. The van der Waals surface area contributed by atoms with E-state index in [4.69, 9.17) is 9.90 Å². The van der Waals surface area contributed by atoms with Crippen molar-refractivity contribution in [2.45, 2.75) is 44.8 Å². The zero-order chi connectivity index (χ0) is 23.4. The van der Waals surface area contributed by atoms with Crippen LogP contribution in [-0.2, 0) is 4.79 Å². The van der Waals surface area contributed by atoms with E-state index in [9.17, 15) is 9.90 Å². The monoisotopic (exact) mass is 453 g/mol. The lowest BCUT2D eigenvalue weighted by atomic mass is 9.77. The molecule has 9 heteroatoms. The number of nitrogens with zero attached hydrogens (tertiary/aromatic N) is 5. The number of aryl methyl sites for hydroxylation is 1. The number of carbonyl (C=O) groups excluding carboxylic acids is 1. The molecule has 0 radical (unpaired) electrons. The van der Waals surface area contributed by atoms with Crippen molar-refractivity contribution in [3.05, 3.63) is 42.0 Å². The molecular formula is C24H31N5O4. The maximum atomic E-state index is 13.2. The number of aromatic nitrogens is 3. The first kappa shape index (κ1) is 23.3. The van der Waals surface area contributed by atoms with Gasteiger partial charge in [0.1, 0.15) is 0 Å². The summed E-state index contributed by atoms with van der Waals surface area (Å²) in [5, 5.41) is 17.6. The van der Waals surface area contributed by atoms with Crippen LogP contribution in [0.3, 0.4) is 0 Å². The van der Waals surface area contributed by atoms with Crippen LogP contribution in [0.2, 0.25) is 0 Å². The fraction of sp³-hybridized carbons (Fsp3) is 0.542. The largest absolute Gasteiger partial charge is 0.483 e. The summed E-state index contributed by atoms with van der Waals surface area (Å²) in [6.07, 6.45) is 9.07. The van der Waals surface area contributed by atoms with E-state index in [1.54, 1.807) is 18.6 Å². The fourth-order valence-corrected chi connectivity index (χ4v) is 5.52. The summed E-state index contributed by atoms with van der Waals surface area (Å²) in [6, 6.07) is 4.02. The normalized spacial score (nSPS) is 26.9. The summed E-state index contributed by atoms with van der Waals surface area (Å²) >= 11 is 0. The molecule has 0 spiro atoms. The lowest BCUT2D eigenvalue weighted by Gasteiger charge is -2.40. The number of pyridine rings is 1. The Bertz CT molecular complexity index is 967. The summed E-state index contributed by atoms with van der Waals surface area (Å²) in [5.41, 5.74) is 2.10. The highest BCUT2D eigenvalue weighted by atomic mass is 16.3. The van der Waals surface area contributed by atoms with Crippen molar-refractivity contribution in [2.24, 2.45) is 11.8 Å². The van der Waals surface area contributed by atoms with Crippen molar-refractivity contribution in [3.63, 3.8) is 0 Å². The van der Waals surface area contributed by atoms with E-state index in [1.165, 1.54) is 12.8 Å². The molecule has 5 rings (SSSR count). The van der Waals surface area contributed by atoms with Crippen molar-refractivity contribution < 1.29 is 19.8 Å². The van der Waals surface area contributed by atoms with Gasteiger partial charge in [-0.2, -0.15) is 0 Å². The van der Waals surface area contributed by atoms with Crippen molar-refractivity contribution in [1.29, 1.82) is 0 Å². The number of rotatable bonds is 3. The molecule has 1 aliphatic carbocycles. The number of carboxylic acid groups (broad SMARTS) is 1. The fourth-order valence-electron chi connectivity index (χ4n) is 5.52. The first-order valence-electron chi connectivity index (χ1n) is 11.5. The molecule has 2 aliphatic heterocycles. The summed E-state index contributed by atoms with van der Waals surface area (Å²) in [4.78, 5) is 39.1. The average Bonchev–Trinajstić information content (AvgIpc) is 3.49. The summed E-state index contributed by atoms with van der Waals surface area (Å²) < 4.78 is 0. The van der Waals surface area contributed by atoms with Crippen molar-refractivity contribution in [3.8, 4) is 11.4 Å². The van der Waals surface area contributed by atoms with Gasteiger partial charge in [-0.1, -0.05) is 0 Å². The smallest absolute Gasteiger partial charge is 0.290 e. The van der Waals surface area contributed by atoms with Crippen LogP contribution >= 0.6 is 0 Å². The van der Waals surface area contributed by atoms with E-state index in [0.29, 0.717) is 28.9 Å². The maximum Gasteiger partial charge on any atom is 0.290 e. The van der Waals surface area contributed by atoms with Gasteiger partial charge in [-0.25, -0.2) is 9.97 Å². The third-order valence-electron chi connectivity index (χ3n) is 7.14. The standard InChI is InChI=1S/C23H29N5O2.CH2O2/c1-15-19(12-25-22(26-15)16-5-4-6-24-11-16)23(30)28-13-17-9-20(27-7-2-3-8-27)21(29)10-18(17)14-28;2-1-3/h4-6,11-12,17-18,20-21,29H,2-3,7-10,13-14H2,1H3;1H,(H,2,3)/t17-,18+,20-,21-;/m1./s1. The Morgan fingerprint density at radius 2 is 1.85 bits per heavy atom. The first-order valence-corrected chi connectivity index (χ1v) is 11.5. The predicted octanol–water partition coefficient (Wildman–Crippen LogP) is 1.86. The van der Waals surface area contributed by atoms with Crippen LogP contribution in [0.5, 0.6) is 0 Å². The topological polar surface area (TPSA) is 120 Å². The number of aliphatic hydroxyl groups is 1. The Labute approximate surface area is 193 Å². The van der Waals surface area contributed by atoms with E-state index in [2.05, 4.69) is 19.9 Å². The molecule has 2 aromatic heterocycles. The number of aliphatic hydroxyl groups excluding tert-OH is 1. The molecule has 9 nitrogen and oxygen atoms in total. The van der Waals surface area contributed by atoms with Gasteiger partial charge in [0.25, 0.3) is 12.4 Å². The second-order valence-electron chi connectivity index (χ2n) is 9.12. The van der Waals surface area contributed by atoms with Gasteiger partial charge in [0.05, 0.1) is 17.4 Å². The maximum absolute atomic E-state index is 13.2. The minimum Gasteiger partial charge on any atom is -0.483 e. The predicted molar refractivity (Wildman–Crippen MR) is 121 cm³/mol. The van der Waals surface area contributed by atoms with Gasteiger partial charge in [-0.15, -0.1) is 0 Å². The molecular weight excluding hydrogens is 422 g/mol. The Balaban J connectivity index is 0.000000821. The van der Waals surface area contributed by atoms with Gasteiger partial charge >= 0.3 is 0 Å². The van der Waals surface area contributed by atoms with E-state index in [1.807, 2.05) is 24.0 Å². The Hall–Kier alpha value is -2.91. The second kappa shape index (κ2) is 10.4. The molecule has 2 saturated heterocycles. The van der Waals surface area contributed by atoms with E-state index in [0.717, 1.165) is 44.6 Å². The molecule has 0 aromatic carbocycles. The van der Waals surface area contributed by atoms with Gasteiger partial charge in [0.2, 0.25) is 0 Å².